The van der Waals surface area contributed by atoms with Gasteiger partial charge in [-0.1, -0.05) is 30.3 Å². The third-order valence-electron chi connectivity index (χ3n) is 4.04. The van der Waals surface area contributed by atoms with E-state index in [9.17, 15) is 9.90 Å². The fraction of sp³-hybridized carbons (Fsp3) is 0.316. The van der Waals surface area contributed by atoms with Gasteiger partial charge < -0.3 is 15.5 Å². The molecule has 0 spiro atoms. The molecule has 0 saturated heterocycles. The molecule has 4 nitrogen and oxygen atoms in total. The minimum atomic E-state index is -0.930. The third kappa shape index (κ3) is 4.91. The number of carboxylic acid groups (broad SMARTS) is 1. The molecule has 1 unspecified atom stereocenters. The Bertz CT molecular complexity index is 682. The summed E-state index contributed by atoms with van der Waals surface area (Å²) in [4.78, 5) is 11.0. The normalized spacial score (nSPS) is 12.1. The molecule has 0 aliphatic heterocycles. The van der Waals surface area contributed by atoms with Crippen LogP contribution in [0, 0.1) is 13.8 Å². The Labute approximate surface area is 136 Å². The number of rotatable bonds is 7. The number of benzene rings is 2. The van der Waals surface area contributed by atoms with Gasteiger partial charge in [-0.3, -0.25) is 0 Å². The first-order chi connectivity index (χ1) is 11.0. The van der Waals surface area contributed by atoms with Crippen molar-refractivity contribution in [3.63, 3.8) is 0 Å². The summed E-state index contributed by atoms with van der Waals surface area (Å²) in [6.45, 7) is 4.72. The number of aliphatic hydroxyl groups excluding tert-OH is 1. The first-order valence-electron chi connectivity index (χ1n) is 7.72. The molecular weight excluding hydrogens is 290 g/mol. The summed E-state index contributed by atoms with van der Waals surface area (Å²) in [7, 11) is 0. The molecule has 2 aromatic rings. The molecule has 0 radical (unpaired) electrons. The Balaban J connectivity index is 1.98. The van der Waals surface area contributed by atoms with Crippen LogP contribution in [0.25, 0.3) is 0 Å². The Kier molecular flexibility index (Phi) is 5.90. The minimum absolute atomic E-state index is 0.0333. The van der Waals surface area contributed by atoms with E-state index >= 15 is 0 Å². The molecule has 0 amide bonds. The molecule has 122 valence electrons. The van der Waals surface area contributed by atoms with Gasteiger partial charge in [0, 0.05) is 12.6 Å². The Morgan fingerprint density at radius 2 is 1.87 bits per heavy atom. The summed E-state index contributed by atoms with van der Waals surface area (Å²) in [6.07, 6.45) is 0.732. The number of carbonyl (C=O) groups is 1. The summed E-state index contributed by atoms with van der Waals surface area (Å²) < 4.78 is 0. The predicted molar refractivity (Wildman–Crippen MR) is 90.7 cm³/mol. The second-order valence-electron chi connectivity index (χ2n) is 5.89. The lowest BCUT2D eigenvalue weighted by Crippen LogP contribution is -2.34. The number of hydrogen-bond acceptors (Lipinski definition) is 3. The molecule has 2 rings (SSSR count). The van der Waals surface area contributed by atoms with Crippen molar-refractivity contribution in [1.29, 1.82) is 0 Å². The number of aryl methyl sites for hydroxylation is 2. The molecule has 0 aromatic heterocycles. The lowest BCUT2D eigenvalue weighted by Gasteiger charge is -2.17. The monoisotopic (exact) mass is 313 g/mol. The van der Waals surface area contributed by atoms with Gasteiger partial charge in [0.2, 0.25) is 0 Å². The van der Waals surface area contributed by atoms with Crippen LogP contribution in [0.4, 0.5) is 0 Å². The molecule has 0 heterocycles. The van der Waals surface area contributed by atoms with Gasteiger partial charge in [-0.2, -0.15) is 0 Å². The first kappa shape index (κ1) is 17.2. The van der Waals surface area contributed by atoms with Crippen molar-refractivity contribution in [3.8, 4) is 0 Å². The standard InChI is InChI=1S/C19H23NO3/c1-13-6-7-15(8-14(13)2)10-18(12-21)20-11-16-4-3-5-17(9-16)19(22)23/h3-9,18,20-21H,10-12H2,1-2H3,(H,22,23). The van der Waals surface area contributed by atoms with Gasteiger partial charge in [0.15, 0.2) is 0 Å². The molecule has 0 aliphatic rings. The summed E-state index contributed by atoms with van der Waals surface area (Å²) in [6, 6.07) is 13.1. The van der Waals surface area contributed by atoms with Crippen LogP contribution in [0.1, 0.15) is 32.6 Å². The average Bonchev–Trinajstić information content (AvgIpc) is 2.55. The molecule has 0 fully saturated rings. The van der Waals surface area contributed by atoms with Crippen LogP contribution in [0.2, 0.25) is 0 Å². The zero-order chi connectivity index (χ0) is 16.8. The van der Waals surface area contributed by atoms with Crippen molar-refractivity contribution >= 4 is 5.97 Å². The van der Waals surface area contributed by atoms with E-state index in [0.29, 0.717) is 6.54 Å². The van der Waals surface area contributed by atoms with E-state index < -0.39 is 5.97 Å². The van der Waals surface area contributed by atoms with Gasteiger partial charge in [-0.15, -0.1) is 0 Å². The van der Waals surface area contributed by atoms with E-state index in [1.165, 1.54) is 16.7 Å². The van der Waals surface area contributed by atoms with Crippen molar-refractivity contribution in [2.45, 2.75) is 32.9 Å². The predicted octanol–water partition coefficient (Wildman–Crippen LogP) is 2.69. The van der Waals surface area contributed by atoms with Crippen molar-refractivity contribution < 1.29 is 15.0 Å². The van der Waals surface area contributed by atoms with Gasteiger partial charge >= 0.3 is 5.97 Å². The maximum absolute atomic E-state index is 11.0. The average molecular weight is 313 g/mol. The molecule has 0 aliphatic carbocycles. The van der Waals surface area contributed by atoms with Crippen LogP contribution in [0.5, 0.6) is 0 Å². The SMILES string of the molecule is Cc1ccc(CC(CO)NCc2cccc(C(=O)O)c2)cc1C. The highest BCUT2D eigenvalue weighted by Crippen LogP contribution is 2.12. The van der Waals surface area contributed by atoms with Gasteiger partial charge in [0.1, 0.15) is 0 Å². The highest BCUT2D eigenvalue weighted by atomic mass is 16.4. The van der Waals surface area contributed by atoms with Gasteiger partial charge in [-0.25, -0.2) is 4.79 Å². The Morgan fingerprint density at radius 1 is 1.09 bits per heavy atom. The van der Waals surface area contributed by atoms with E-state index in [1.54, 1.807) is 18.2 Å². The van der Waals surface area contributed by atoms with E-state index in [1.807, 2.05) is 6.07 Å². The second kappa shape index (κ2) is 7.90. The Hall–Kier alpha value is -2.17. The highest BCUT2D eigenvalue weighted by molar-refractivity contribution is 5.87. The zero-order valence-corrected chi connectivity index (χ0v) is 13.5. The summed E-state index contributed by atoms with van der Waals surface area (Å²) >= 11 is 0. The smallest absolute Gasteiger partial charge is 0.335 e. The van der Waals surface area contributed by atoms with Crippen molar-refractivity contribution in [3.05, 3.63) is 70.3 Å². The van der Waals surface area contributed by atoms with Crippen molar-refractivity contribution in [2.75, 3.05) is 6.61 Å². The molecule has 0 saturated carbocycles. The summed E-state index contributed by atoms with van der Waals surface area (Å²) in [5, 5.41) is 21.9. The molecule has 0 bridgehead atoms. The van der Waals surface area contributed by atoms with Crippen LogP contribution >= 0.6 is 0 Å². The highest BCUT2D eigenvalue weighted by Gasteiger charge is 2.10. The van der Waals surface area contributed by atoms with Crippen LogP contribution in [-0.4, -0.2) is 28.8 Å². The number of carboxylic acids is 1. The van der Waals surface area contributed by atoms with Crippen molar-refractivity contribution in [2.24, 2.45) is 0 Å². The van der Waals surface area contributed by atoms with Crippen LogP contribution in [-0.2, 0) is 13.0 Å². The summed E-state index contributed by atoms with van der Waals surface area (Å²) in [5.74, 6) is -0.930. The maximum atomic E-state index is 11.0. The maximum Gasteiger partial charge on any atom is 0.335 e. The first-order valence-corrected chi connectivity index (χ1v) is 7.72. The van der Waals surface area contributed by atoms with Gasteiger partial charge in [-0.05, 0) is 54.7 Å². The number of hydrogen-bond donors (Lipinski definition) is 3. The third-order valence-corrected chi connectivity index (χ3v) is 4.04. The van der Waals surface area contributed by atoms with Crippen LogP contribution in [0.3, 0.4) is 0 Å². The number of nitrogens with one attached hydrogen (secondary N) is 1. The lowest BCUT2D eigenvalue weighted by atomic mass is 10.0. The molecular formula is C19H23NO3. The van der Waals surface area contributed by atoms with Gasteiger partial charge in [0.05, 0.1) is 12.2 Å². The zero-order valence-electron chi connectivity index (χ0n) is 13.5. The largest absolute Gasteiger partial charge is 0.478 e. The molecule has 4 heteroatoms. The van der Waals surface area contributed by atoms with E-state index in [0.717, 1.165) is 12.0 Å². The topological polar surface area (TPSA) is 69.6 Å². The molecule has 23 heavy (non-hydrogen) atoms. The summed E-state index contributed by atoms with van der Waals surface area (Å²) in [5.41, 5.74) is 4.85. The fourth-order valence-electron chi connectivity index (χ4n) is 2.49. The fourth-order valence-corrected chi connectivity index (χ4v) is 2.49. The lowest BCUT2D eigenvalue weighted by molar-refractivity contribution is 0.0696. The number of aromatic carboxylic acids is 1. The molecule has 3 N–H and O–H groups in total. The van der Waals surface area contributed by atoms with E-state index in [2.05, 4.69) is 37.4 Å². The Morgan fingerprint density at radius 3 is 2.52 bits per heavy atom. The molecule has 1 atom stereocenters. The van der Waals surface area contributed by atoms with Crippen LogP contribution < -0.4 is 5.32 Å². The second-order valence-corrected chi connectivity index (χ2v) is 5.89. The van der Waals surface area contributed by atoms with E-state index in [4.69, 9.17) is 5.11 Å². The van der Waals surface area contributed by atoms with Crippen LogP contribution in [0.15, 0.2) is 42.5 Å². The number of aliphatic hydroxyl groups is 1. The quantitative estimate of drug-likeness (QED) is 0.735. The minimum Gasteiger partial charge on any atom is -0.478 e. The molecule has 2 aromatic carbocycles. The van der Waals surface area contributed by atoms with Gasteiger partial charge in [0.25, 0.3) is 0 Å². The van der Waals surface area contributed by atoms with Crippen molar-refractivity contribution in [1.82, 2.24) is 5.32 Å². The van der Waals surface area contributed by atoms with E-state index in [-0.39, 0.29) is 18.2 Å².